The topological polar surface area (TPSA) is 41.1 Å². The molecular weight excluding hydrogens is 184 g/mol. The number of nitrogens with zero attached hydrogens (tertiary/aromatic N) is 3. The number of nitrogens with one attached hydrogen (secondary N) is 1. The van der Waals surface area contributed by atoms with Crippen molar-refractivity contribution in [1.29, 1.82) is 0 Å². The van der Waals surface area contributed by atoms with Crippen LogP contribution in [-0.4, -0.2) is 40.2 Å². The van der Waals surface area contributed by atoms with E-state index < -0.39 is 0 Å². The Morgan fingerprint density at radius 1 is 1.77 bits per heavy atom. The van der Waals surface area contributed by atoms with E-state index in [0.717, 1.165) is 31.9 Å². The SMILES string of the molecule is CC1CN(Cc2csnn2)CCN1. The molecule has 2 heterocycles. The smallest absolute Gasteiger partial charge is 0.0895 e. The molecule has 1 aliphatic heterocycles. The lowest BCUT2D eigenvalue weighted by Crippen LogP contribution is -2.48. The molecule has 0 aromatic carbocycles. The molecule has 1 atom stereocenters. The van der Waals surface area contributed by atoms with Gasteiger partial charge in [-0.05, 0) is 18.5 Å². The lowest BCUT2D eigenvalue weighted by molar-refractivity contribution is 0.197. The van der Waals surface area contributed by atoms with Crippen LogP contribution in [0.25, 0.3) is 0 Å². The van der Waals surface area contributed by atoms with Gasteiger partial charge in [0.2, 0.25) is 0 Å². The van der Waals surface area contributed by atoms with Crippen molar-refractivity contribution in [2.24, 2.45) is 0 Å². The normalized spacial score (nSPS) is 24.8. The number of aromatic nitrogens is 2. The minimum absolute atomic E-state index is 0.598. The van der Waals surface area contributed by atoms with E-state index in [1.54, 1.807) is 0 Å². The van der Waals surface area contributed by atoms with Gasteiger partial charge in [0.25, 0.3) is 0 Å². The van der Waals surface area contributed by atoms with E-state index >= 15 is 0 Å². The van der Waals surface area contributed by atoms with Crippen molar-refractivity contribution in [3.05, 3.63) is 11.1 Å². The number of rotatable bonds is 2. The minimum Gasteiger partial charge on any atom is -0.312 e. The summed E-state index contributed by atoms with van der Waals surface area (Å²) in [5, 5.41) is 9.48. The molecule has 1 aliphatic rings. The molecule has 1 unspecified atom stereocenters. The van der Waals surface area contributed by atoms with Crippen LogP contribution in [0.15, 0.2) is 5.38 Å². The maximum absolute atomic E-state index is 4.04. The van der Waals surface area contributed by atoms with Gasteiger partial charge >= 0.3 is 0 Å². The van der Waals surface area contributed by atoms with Gasteiger partial charge in [-0.2, -0.15) is 0 Å². The second-order valence-corrected chi connectivity index (χ2v) is 4.10. The van der Waals surface area contributed by atoms with Crippen molar-refractivity contribution in [2.45, 2.75) is 19.5 Å². The van der Waals surface area contributed by atoms with E-state index in [9.17, 15) is 0 Å². The lowest BCUT2D eigenvalue weighted by Gasteiger charge is -2.30. The average molecular weight is 198 g/mol. The Kier molecular flexibility index (Phi) is 2.87. The van der Waals surface area contributed by atoms with Crippen molar-refractivity contribution < 1.29 is 0 Å². The van der Waals surface area contributed by atoms with Crippen LogP contribution in [0.4, 0.5) is 0 Å². The molecule has 1 aromatic heterocycles. The molecule has 4 nitrogen and oxygen atoms in total. The fourth-order valence-electron chi connectivity index (χ4n) is 1.64. The first-order chi connectivity index (χ1) is 6.34. The molecule has 1 aromatic rings. The van der Waals surface area contributed by atoms with Crippen LogP contribution in [0, 0.1) is 0 Å². The van der Waals surface area contributed by atoms with Gasteiger partial charge < -0.3 is 5.32 Å². The zero-order valence-electron chi connectivity index (χ0n) is 7.73. The highest BCUT2D eigenvalue weighted by molar-refractivity contribution is 7.03. The highest BCUT2D eigenvalue weighted by atomic mass is 32.1. The van der Waals surface area contributed by atoms with E-state index in [1.165, 1.54) is 11.5 Å². The molecule has 0 saturated carbocycles. The number of hydrogen-bond donors (Lipinski definition) is 1. The highest BCUT2D eigenvalue weighted by Crippen LogP contribution is 2.05. The average Bonchev–Trinajstić information content (AvgIpc) is 2.57. The van der Waals surface area contributed by atoms with Gasteiger partial charge in [-0.25, -0.2) is 0 Å². The molecule has 0 spiro atoms. The summed E-state index contributed by atoms with van der Waals surface area (Å²) in [6.45, 7) is 6.46. The first kappa shape index (κ1) is 9.05. The van der Waals surface area contributed by atoms with Crippen molar-refractivity contribution in [2.75, 3.05) is 19.6 Å². The monoisotopic (exact) mass is 198 g/mol. The summed E-state index contributed by atoms with van der Waals surface area (Å²) in [6.07, 6.45) is 0. The Morgan fingerprint density at radius 3 is 3.38 bits per heavy atom. The summed E-state index contributed by atoms with van der Waals surface area (Å²) in [6, 6.07) is 0.598. The van der Waals surface area contributed by atoms with Crippen molar-refractivity contribution in [3.63, 3.8) is 0 Å². The number of hydrogen-bond acceptors (Lipinski definition) is 5. The minimum atomic E-state index is 0.598. The molecule has 1 saturated heterocycles. The van der Waals surface area contributed by atoms with E-state index in [2.05, 4.69) is 26.7 Å². The Labute approximate surface area is 82.1 Å². The summed E-state index contributed by atoms with van der Waals surface area (Å²) in [7, 11) is 0. The molecule has 72 valence electrons. The molecule has 0 amide bonds. The molecular formula is C8H14N4S. The first-order valence-electron chi connectivity index (χ1n) is 4.56. The van der Waals surface area contributed by atoms with Crippen LogP contribution >= 0.6 is 11.5 Å². The quantitative estimate of drug-likeness (QED) is 0.743. The summed E-state index contributed by atoms with van der Waals surface area (Å²) >= 11 is 1.43. The maximum atomic E-state index is 4.04. The van der Waals surface area contributed by atoms with Gasteiger partial charge in [-0.1, -0.05) is 4.49 Å². The third-order valence-corrected chi connectivity index (χ3v) is 2.80. The van der Waals surface area contributed by atoms with E-state index in [4.69, 9.17) is 0 Å². The summed E-state index contributed by atoms with van der Waals surface area (Å²) in [4.78, 5) is 2.41. The molecule has 0 bridgehead atoms. The molecule has 0 radical (unpaired) electrons. The summed E-state index contributed by atoms with van der Waals surface area (Å²) in [5.74, 6) is 0. The predicted molar refractivity (Wildman–Crippen MR) is 52.7 cm³/mol. The van der Waals surface area contributed by atoms with Gasteiger partial charge in [-0.15, -0.1) is 5.10 Å². The second kappa shape index (κ2) is 4.13. The van der Waals surface area contributed by atoms with Gasteiger partial charge in [0.1, 0.15) is 0 Å². The maximum Gasteiger partial charge on any atom is 0.0895 e. The molecule has 5 heteroatoms. The van der Waals surface area contributed by atoms with Crippen LogP contribution in [0.1, 0.15) is 12.6 Å². The molecule has 2 rings (SSSR count). The Bertz CT molecular complexity index is 249. The molecule has 1 fully saturated rings. The number of piperazine rings is 1. The van der Waals surface area contributed by atoms with E-state index in [-0.39, 0.29) is 0 Å². The lowest BCUT2D eigenvalue weighted by atomic mass is 10.2. The van der Waals surface area contributed by atoms with Crippen LogP contribution in [0.5, 0.6) is 0 Å². The van der Waals surface area contributed by atoms with Gasteiger partial charge in [0.15, 0.2) is 0 Å². The summed E-state index contributed by atoms with van der Waals surface area (Å²) in [5.41, 5.74) is 1.10. The van der Waals surface area contributed by atoms with E-state index in [0.29, 0.717) is 6.04 Å². The molecule has 0 aliphatic carbocycles. The van der Waals surface area contributed by atoms with E-state index in [1.807, 2.05) is 5.38 Å². The largest absolute Gasteiger partial charge is 0.312 e. The first-order valence-corrected chi connectivity index (χ1v) is 5.40. The van der Waals surface area contributed by atoms with Crippen LogP contribution < -0.4 is 5.32 Å². The van der Waals surface area contributed by atoms with Gasteiger partial charge in [0, 0.05) is 37.6 Å². The van der Waals surface area contributed by atoms with Crippen LogP contribution in [0.3, 0.4) is 0 Å². The zero-order valence-corrected chi connectivity index (χ0v) is 8.55. The zero-order chi connectivity index (χ0) is 9.10. The van der Waals surface area contributed by atoms with Crippen molar-refractivity contribution >= 4 is 11.5 Å². The predicted octanol–water partition coefficient (Wildman–Crippen LogP) is 0.332. The van der Waals surface area contributed by atoms with Gasteiger partial charge in [-0.3, -0.25) is 4.90 Å². The Balaban J connectivity index is 1.87. The highest BCUT2D eigenvalue weighted by Gasteiger charge is 2.15. The second-order valence-electron chi connectivity index (χ2n) is 3.49. The van der Waals surface area contributed by atoms with Gasteiger partial charge in [0.05, 0.1) is 5.69 Å². The van der Waals surface area contributed by atoms with Crippen LogP contribution in [0.2, 0.25) is 0 Å². The third-order valence-electron chi connectivity index (χ3n) is 2.24. The Morgan fingerprint density at radius 2 is 2.69 bits per heavy atom. The van der Waals surface area contributed by atoms with Crippen molar-refractivity contribution in [1.82, 2.24) is 19.8 Å². The Hall–Kier alpha value is -0.520. The fourth-order valence-corrected chi connectivity index (χ4v) is 2.08. The van der Waals surface area contributed by atoms with Crippen LogP contribution in [-0.2, 0) is 6.54 Å². The third kappa shape index (κ3) is 2.46. The molecule has 1 N–H and O–H groups in total. The summed E-state index contributed by atoms with van der Waals surface area (Å²) < 4.78 is 3.86. The molecule has 13 heavy (non-hydrogen) atoms. The standard InChI is InChI=1S/C8H14N4S/c1-7-4-12(3-2-9-7)5-8-6-13-11-10-8/h6-7,9H,2-5H2,1H3. The van der Waals surface area contributed by atoms with Crippen molar-refractivity contribution in [3.8, 4) is 0 Å². The fraction of sp³-hybridized carbons (Fsp3) is 0.750.